The Hall–Kier alpha value is -2.82. The van der Waals surface area contributed by atoms with Crippen LogP contribution in [0.4, 0.5) is 28.2 Å². The van der Waals surface area contributed by atoms with Crippen molar-refractivity contribution in [3.63, 3.8) is 0 Å². The molecular weight excluding hydrogens is 418 g/mol. The number of benzene rings is 1. The van der Waals surface area contributed by atoms with Crippen LogP contribution >= 0.6 is 0 Å². The average Bonchev–Trinajstić information content (AvgIpc) is 3.19. The zero-order valence-corrected chi connectivity index (χ0v) is 17.2. The van der Waals surface area contributed by atoms with Crippen LogP contribution in [0.2, 0.25) is 0 Å². The first-order valence-electron chi connectivity index (χ1n) is 9.88. The molecule has 0 aliphatic carbocycles. The van der Waals surface area contributed by atoms with Crippen molar-refractivity contribution < 1.29 is 27.1 Å². The number of nitrogens with zero attached hydrogens (tertiary/aromatic N) is 3. The third-order valence-corrected chi connectivity index (χ3v) is 5.03. The number of aromatic nitrogens is 2. The van der Waals surface area contributed by atoms with E-state index in [0.717, 1.165) is 0 Å². The van der Waals surface area contributed by atoms with Crippen molar-refractivity contribution >= 4 is 11.8 Å². The molecule has 2 unspecified atom stereocenters. The minimum absolute atomic E-state index is 0.107. The van der Waals surface area contributed by atoms with Crippen molar-refractivity contribution in [1.82, 2.24) is 20.0 Å². The maximum atomic E-state index is 12.7. The summed E-state index contributed by atoms with van der Waals surface area (Å²) in [6, 6.07) is 7.99. The second kappa shape index (κ2) is 9.54. The van der Waals surface area contributed by atoms with Crippen molar-refractivity contribution in [1.29, 1.82) is 0 Å². The van der Waals surface area contributed by atoms with E-state index in [1.807, 2.05) is 6.07 Å². The van der Waals surface area contributed by atoms with Gasteiger partial charge in [-0.3, -0.25) is 10.2 Å². The van der Waals surface area contributed by atoms with Crippen molar-refractivity contribution in [2.75, 3.05) is 38.2 Å². The quantitative estimate of drug-likeness (QED) is 0.643. The Morgan fingerprint density at radius 1 is 1.26 bits per heavy atom. The molecule has 1 aliphatic rings. The molecular formula is C20H25F4N5O2. The van der Waals surface area contributed by atoms with Crippen molar-refractivity contribution in [2.45, 2.75) is 26.1 Å². The number of amides is 2. The molecule has 1 fully saturated rings. The summed E-state index contributed by atoms with van der Waals surface area (Å²) in [4.78, 5) is 13.9. The summed E-state index contributed by atoms with van der Waals surface area (Å²) in [5, 5.41) is 9.79. The summed E-state index contributed by atoms with van der Waals surface area (Å²) in [7, 11) is 0. The monoisotopic (exact) mass is 443 g/mol. The van der Waals surface area contributed by atoms with Crippen LogP contribution in [-0.4, -0.2) is 65.8 Å². The topological polar surface area (TPSA) is 71.4 Å². The molecule has 0 saturated carbocycles. The number of carbonyl (C=O) groups is 1. The van der Waals surface area contributed by atoms with E-state index in [-0.39, 0.29) is 31.5 Å². The van der Waals surface area contributed by atoms with Gasteiger partial charge >= 0.3 is 12.2 Å². The second-order valence-corrected chi connectivity index (χ2v) is 7.56. The molecule has 2 N–H and O–H groups in total. The average molecular weight is 443 g/mol. The van der Waals surface area contributed by atoms with Gasteiger partial charge in [0, 0.05) is 19.1 Å². The number of para-hydroxylation sites is 1. The Kier molecular flexibility index (Phi) is 7.04. The molecule has 1 aromatic carbocycles. The van der Waals surface area contributed by atoms with Gasteiger partial charge in [0.25, 0.3) is 0 Å². The van der Waals surface area contributed by atoms with Crippen molar-refractivity contribution in [3.05, 3.63) is 35.9 Å². The molecule has 7 nitrogen and oxygen atoms in total. The number of rotatable bonds is 7. The standard InChI is InChI=1S/C20H25F4N5O2/c1-13-10-28(12-20(22,23)24)11-16(13)25-19(30)26-17-14(2)18(31-9-8-21)27-29(17)15-6-4-3-5-7-15/h3-7,13,16H,8-12H2,1-2H3,(H2,25,26,30). The third-order valence-electron chi connectivity index (χ3n) is 5.03. The van der Waals surface area contributed by atoms with Crippen LogP contribution in [0.5, 0.6) is 5.88 Å². The first-order chi connectivity index (χ1) is 14.7. The number of carbonyl (C=O) groups excluding carboxylic acids is 1. The molecule has 170 valence electrons. The summed E-state index contributed by atoms with van der Waals surface area (Å²) in [6.07, 6.45) is -4.29. The van der Waals surface area contributed by atoms with Gasteiger partial charge in [0.2, 0.25) is 5.88 Å². The van der Waals surface area contributed by atoms with E-state index in [1.54, 1.807) is 38.1 Å². The van der Waals surface area contributed by atoms with Gasteiger partial charge in [-0.1, -0.05) is 25.1 Å². The summed E-state index contributed by atoms with van der Waals surface area (Å²) >= 11 is 0. The molecule has 11 heteroatoms. The van der Waals surface area contributed by atoms with E-state index in [4.69, 9.17) is 4.74 Å². The number of anilines is 1. The normalized spacial score (nSPS) is 19.4. The number of nitrogens with one attached hydrogen (secondary N) is 2. The second-order valence-electron chi connectivity index (χ2n) is 7.56. The van der Waals surface area contributed by atoms with Crippen molar-refractivity contribution in [3.8, 4) is 11.6 Å². The fourth-order valence-corrected chi connectivity index (χ4v) is 3.60. The Labute approximate surface area is 177 Å². The van der Waals surface area contributed by atoms with Gasteiger partial charge in [0.05, 0.1) is 17.8 Å². The molecule has 1 saturated heterocycles. The fraction of sp³-hybridized carbons (Fsp3) is 0.500. The van der Waals surface area contributed by atoms with Gasteiger partial charge < -0.3 is 10.1 Å². The van der Waals surface area contributed by atoms with Crippen LogP contribution in [0.15, 0.2) is 30.3 Å². The maximum Gasteiger partial charge on any atom is 0.401 e. The Morgan fingerprint density at radius 3 is 2.61 bits per heavy atom. The molecule has 1 aliphatic heterocycles. The van der Waals surface area contributed by atoms with Crippen LogP contribution in [0.25, 0.3) is 5.69 Å². The Balaban J connectivity index is 1.74. The number of hydrogen-bond donors (Lipinski definition) is 2. The summed E-state index contributed by atoms with van der Waals surface area (Å²) in [5.74, 6) is 0.370. The summed E-state index contributed by atoms with van der Waals surface area (Å²) in [5.41, 5.74) is 1.16. The molecule has 0 radical (unpaired) electrons. The first-order valence-corrected chi connectivity index (χ1v) is 9.88. The molecule has 0 bridgehead atoms. The van der Waals surface area contributed by atoms with Crippen LogP contribution in [-0.2, 0) is 0 Å². The summed E-state index contributed by atoms with van der Waals surface area (Å²) < 4.78 is 57.3. The van der Waals surface area contributed by atoms with Gasteiger partial charge in [-0.05, 0) is 25.0 Å². The number of ether oxygens (including phenoxy) is 1. The van der Waals surface area contributed by atoms with E-state index >= 15 is 0 Å². The van der Waals surface area contributed by atoms with Crippen LogP contribution in [0.3, 0.4) is 0 Å². The van der Waals surface area contributed by atoms with E-state index in [9.17, 15) is 22.4 Å². The lowest BCUT2D eigenvalue weighted by Crippen LogP contribution is -2.43. The first kappa shape index (κ1) is 22.9. The lowest BCUT2D eigenvalue weighted by molar-refractivity contribution is -0.143. The summed E-state index contributed by atoms with van der Waals surface area (Å²) in [6.45, 7) is 1.96. The highest BCUT2D eigenvalue weighted by Gasteiger charge is 2.38. The fourth-order valence-electron chi connectivity index (χ4n) is 3.60. The SMILES string of the molecule is Cc1c(OCCF)nn(-c2ccccc2)c1NC(=O)NC1CN(CC(F)(F)F)CC1C. The van der Waals surface area contributed by atoms with Crippen LogP contribution in [0, 0.1) is 12.8 Å². The highest BCUT2D eigenvalue weighted by atomic mass is 19.4. The Bertz CT molecular complexity index is 888. The smallest absolute Gasteiger partial charge is 0.401 e. The Morgan fingerprint density at radius 2 is 1.97 bits per heavy atom. The zero-order chi connectivity index (χ0) is 22.6. The number of urea groups is 1. The van der Waals surface area contributed by atoms with Crippen LogP contribution in [0.1, 0.15) is 12.5 Å². The molecule has 2 aromatic rings. The van der Waals surface area contributed by atoms with Gasteiger partial charge in [-0.25, -0.2) is 13.9 Å². The van der Waals surface area contributed by atoms with Gasteiger partial charge in [0.1, 0.15) is 19.1 Å². The number of alkyl halides is 4. The van der Waals surface area contributed by atoms with Gasteiger partial charge in [-0.15, -0.1) is 5.10 Å². The predicted molar refractivity (Wildman–Crippen MR) is 107 cm³/mol. The molecule has 1 aromatic heterocycles. The largest absolute Gasteiger partial charge is 0.474 e. The van der Waals surface area contributed by atoms with E-state index < -0.39 is 31.5 Å². The third kappa shape index (κ3) is 5.87. The molecule has 31 heavy (non-hydrogen) atoms. The minimum Gasteiger partial charge on any atom is -0.474 e. The number of likely N-dealkylation sites (tertiary alicyclic amines) is 1. The predicted octanol–water partition coefficient (Wildman–Crippen LogP) is 3.53. The molecule has 3 rings (SSSR count). The van der Waals surface area contributed by atoms with Crippen molar-refractivity contribution in [2.24, 2.45) is 5.92 Å². The zero-order valence-electron chi connectivity index (χ0n) is 17.2. The molecule has 2 heterocycles. The minimum atomic E-state index is -4.29. The molecule has 0 spiro atoms. The van der Waals surface area contributed by atoms with Crippen LogP contribution < -0.4 is 15.4 Å². The number of halogens is 4. The van der Waals surface area contributed by atoms with Gasteiger partial charge in [0.15, 0.2) is 0 Å². The van der Waals surface area contributed by atoms with E-state index in [2.05, 4.69) is 15.7 Å². The maximum absolute atomic E-state index is 12.7. The lowest BCUT2D eigenvalue weighted by Gasteiger charge is -2.19. The lowest BCUT2D eigenvalue weighted by atomic mass is 10.1. The van der Waals surface area contributed by atoms with Gasteiger partial charge in [-0.2, -0.15) is 13.2 Å². The number of hydrogen-bond acceptors (Lipinski definition) is 4. The molecule has 2 amide bonds. The highest BCUT2D eigenvalue weighted by Crippen LogP contribution is 2.28. The highest BCUT2D eigenvalue weighted by molar-refractivity contribution is 5.90. The van der Waals surface area contributed by atoms with E-state index in [1.165, 1.54) is 9.58 Å². The molecule has 2 atom stereocenters. The van der Waals surface area contributed by atoms with E-state index in [0.29, 0.717) is 17.1 Å².